The Morgan fingerprint density at radius 2 is 1.74 bits per heavy atom. The number of furan rings is 1. The second-order valence-corrected chi connectivity index (χ2v) is 8.23. The van der Waals surface area contributed by atoms with Crippen LogP contribution >= 0.6 is 11.6 Å². The van der Waals surface area contributed by atoms with Gasteiger partial charge in [-0.1, -0.05) is 20.8 Å². The van der Waals surface area contributed by atoms with Gasteiger partial charge in [0, 0.05) is 19.2 Å². The summed E-state index contributed by atoms with van der Waals surface area (Å²) in [6, 6.07) is 0. The summed E-state index contributed by atoms with van der Waals surface area (Å²) in [7, 11) is -1.99. The zero-order chi connectivity index (χ0) is 15.0. The summed E-state index contributed by atoms with van der Waals surface area (Å²) in [4.78, 5) is 0.215. The van der Waals surface area contributed by atoms with E-state index in [-0.39, 0.29) is 16.2 Å². The van der Waals surface area contributed by atoms with Gasteiger partial charge in [0.1, 0.15) is 16.4 Å². The van der Waals surface area contributed by atoms with Crippen LogP contribution in [0.5, 0.6) is 0 Å². The number of hydrogen-bond donors (Lipinski definition) is 0. The third kappa shape index (κ3) is 3.52. The summed E-state index contributed by atoms with van der Waals surface area (Å²) in [5.74, 6) is 1.09. The molecule has 1 rings (SSSR count). The maximum absolute atomic E-state index is 12.6. The molecule has 0 fully saturated rings. The molecule has 19 heavy (non-hydrogen) atoms. The molecule has 4 nitrogen and oxygen atoms in total. The first kappa shape index (κ1) is 16.5. The molecule has 0 spiro atoms. The van der Waals surface area contributed by atoms with E-state index in [1.165, 1.54) is 4.31 Å². The van der Waals surface area contributed by atoms with E-state index in [0.717, 1.165) is 0 Å². The lowest BCUT2D eigenvalue weighted by atomic mass is 9.97. The average molecular weight is 308 g/mol. The van der Waals surface area contributed by atoms with E-state index in [1.54, 1.807) is 20.9 Å². The molecule has 6 heteroatoms. The SMILES string of the molecule is Cc1oc(C)c(S(=O)(=O)N(C)CC(C)(C)C)c1CCl. The van der Waals surface area contributed by atoms with Crippen molar-refractivity contribution in [1.82, 2.24) is 4.31 Å². The second kappa shape index (κ2) is 5.46. The van der Waals surface area contributed by atoms with E-state index in [0.29, 0.717) is 23.6 Å². The van der Waals surface area contributed by atoms with Gasteiger partial charge in [-0.2, -0.15) is 0 Å². The summed E-state index contributed by atoms with van der Waals surface area (Å²) in [6.07, 6.45) is 0. The number of nitrogens with zero attached hydrogens (tertiary/aromatic N) is 1. The van der Waals surface area contributed by atoms with Crippen molar-refractivity contribution in [3.05, 3.63) is 17.1 Å². The van der Waals surface area contributed by atoms with Crippen LogP contribution in [0.2, 0.25) is 0 Å². The number of hydrogen-bond acceptors (Lipinski definition) is 3. The smallest absolute Gasteiger partial charge is 0.246 e. The van der Waals surface area contributed by atoms with Crippen molar-refractivity contribution in [3.63, 3.8) is 0 Å². The Labute approximate surface area is 120 Å². The van der Waals surface area contributed by atoms with Crippen molar-refractivity contribution in [2.24, 2.45) is 5.41 Å². The first-order valence-corrected chi connectivity index (χ1v) is 8.09. The van der Waals surface area contributed by atoms with Crippen LogP contribution < -0.4 is 0 Å². The summed E-state index contributed by atoms with van der Waals surface area (Å²) in [5, 5.41) is 0. The van der Waals surface area contributed by atoms with Gasteiger partial charge < -0.3 is 4.42 Å². The zero-order valence-electron chi connectivity index (χ0n) is 12.4. The zero-order valence-corrected chi connectivity index (χ0v) is 13.9. The minimum absolute atomic E-state index is 0.115. The Morgan fingerprint density at radius 3 is 2.16 bits per heavy atom. The van der Waals surface area contributed by atoms with E-state index < -0.39 is 10.0 Å². The molecule has 0 N–H and O–H groups in total. The molecular weight excluding hydrogens is 286 g/mol. The molecule has 0 aliphatic rings. The van der Waals surface area contributed by atoms with Gasteiger partial charge in [0.25, 0.3) is 0 Å². The van der Waals surface area contributed by atoms with Crippen LogP contribution in [0.25, 0.3) is 0 Å². The standard InChI is InChI=1S/C13H22ClNO3S/c1-9-11(7-14)12(10(2)18-9)19(16,17)15(6)8-13(3,4)5/h7-8H2,1-6H3. The van der Waals surface area contributed by atoms with Crippen molar-refractivity contribution < 1.29 is 12.8 Å². The molecule has 0 saturated heterocycles. The monoisotopic (exact) mass is 307 g/mol. The van der Waals surface area contributed by atoms with Crippen LogP contribution in [0.3, 0.4) is 0 Å². The van der Waals surface area contributed by atoms with Crippen LogP contribution in [0.1, 0.15) is 37.9 Å². The van der Waals surface area contributed by atoms with Gasteiger partial charge in [-0.25, -0.2) is 12.7 Å². The topological polar surface area (TPSA) is 50.5 Å². The van der Waals surface area contributed by atoms with Crippen molar-refractivity contribution >= 4 is 21.6 Å². The Kier molecular flexibility index (Phi) is 4.75. The van der Waals surface area contributed by atoms with Gasteiger partial charge in [-0.15, -0.1) is 11.6 Å². The fraction of sp³-hybridized carbons (Fsp3) is 0.692. The van der Waals surface area contributed by atoms with E-state index in [4.69, 9.17) is 16.0 Å². The highest BCUT2D eigenvalue weighted by Gasteiger charge is 2.31. The molecule has 0 bridgehead atoms. The molecular formula is C13H22ClNO3S. The first-order valence-electron chi connectivity index (χ1n) is 6.12. The minimum Gasteiger partial charge on any atom is -0.465 e. The van der Waals surface area contributed by atoms with Crippen LogP contribution in [0, 0.1) is 19.3 Å². The van der Waals surface area contributed by atoms with Crippen molar-refractivity contribution in [3.8, 4) is 0 Å². The van der Waals surface area contributed by atoms with Crippen molar-refractivity contribution in [2.75, 3.05) is 13.6 Å². The van der Waals surface area contributed by atoms with Gasteiger partial charge in [-0.3, -0.25) is 0 Å². The largest absolute Gasteiger partial charge is 0.465 e. The second-order valence-electron chi connectivity index (χ2n) is 5.98. The highest BCUT2D eigenvalue weighted by atomic mass is 35.5. The first-order chi connectivity index (χ1) is 8.50. The maximum Gasteiger partial charge on any atom is 0.246 e. The van der Waals surface area contributed by atoms with Gasteiger partial charge in [-0.05, 0) is 19.3 Å². The van der Waals surface area contributed by atoms with E-state index in [2.05, 4.69) is 0 Å². The van der Waals surface area contributed by atoms with Crippen molar-refractivity contribution in [2.45, 2.75) is 45.4 Å². The third-order valence-electron chi connectivity index (χ3n) is 2.82. The predicted octanol–water partition coefficient (Wildman–Crippen LogP) is 3.30. The van der Waals surface area contributed by atoms with Crippen molar-refractivity contribution in [1.29, 1.82) is 0 Å². The summed E-state index contributed by atoms with van der Waals surface area (Å²) in [6.45, 7) is 9.80. The normalized spacial score (nSPS) is 13.3. The van der Waals surface area contributed by atoms with Gasteiger partial charge in [0.15, 0.2) is 0 Å². The molecule has 1 aromatic heterocycles. The lowest BCUT2D eigenvalue weighted by Gasteiger charge is -2.26. The molecule has 0 radical (unpaired) electrons. The lowest BCUT2D eigenvalue weighted by molar-refractivity contribution is 0.310. The molecule has 0 amide bonds. The Bertz CT molecular complexity index is 555. The third-order valence-corrected chi connectivity index (χ3v) is 5.09. The molecule has 0 aliphatic heterocycles. The summed E-state index contributed by atoms with van der Waals surface area (Å²) >= 11 is 5.85. The molecule has 1 heterocycles. The maximum atomic E-state index is 12.6. The number of aryl methyl sites for hydroxylation is 2. The van der Waals surface area contributed by atoms with E-state index in [9.17, 15) is 8.42 Å². The molecule has 0 aromatic carbocycles. The van der Waals surface area contributed by atoms with Crippen LogP contribution in [-0.2, 0) is 15.9 Å². The van der Waals surface area contributed by atoms with E-state index >= 15 is 0 Å². The van der Waals surface area contributed by atoms with Gasteiger partial charge >= 0.3 is 0 Å². The van der Waals surface area contributed by atoms with Crippen LogP contribution in [0.15, 0.2) is 9.31 Å². The minimum atomic E-state index is -3.57. The highest BCUT2D eigenvalue weighted by molar-refractivity contribution is 7.89. The number of halogens is 1. The Morgan fingerprint density at radius 1 is 1.21 bits per heavy atom. The van der Waals surface area contributed by atoms with Crippen LogP contribution in [0.4, 0.5) is 0 Å². The fourth-order valence-electron chi connectivity index (χ4n) is 2.11. The average Bonchev–Trinajstić information content (AvgIpc) is 2.50. The highest BCUT2D eigenvalue weighted by Crippen LogP contribution is 2.31. The molecule has 0 saturated carbocycles. The fourth-order valence-corrected chi connectivity index (χ4v) is 4.31. The Hall–Kier alpha value is -0.520. The summed E-state index contributed by atoms with van der Waals surface area (Å²) < 4.78 is 32.0. The number of alkyl halides is 1. The summed E-state index contributed by atoms with van der Waals surface area (Å²) in [5.41, 5.74) is 0.440. The molecule has 0 aliphatic carbocycles. The number of sulfonamides is 1. The molecule has 1 aromatic rings. The van der Waals surface area contributed by atoms with Gasteiger partial charge in [0.2, 0.25) is 10.0 Å². The van der Waals surface area contributed by atoms with E-state index in [1.807, 2.05) is 20.8 Å². The Balaban J connectivity index is 3.28. The quantitative estimate of drug-likeness (QED) is 0.802. The van der Waals surface area contributed by atoms with Gasteiger partial charge in [0.05, 0.1) is 5.88 Å². The van der Waals surface area contributed by atoms with Crippen LogP contribution in [-0.4, -0.2) is 26.3 Å². The number of rotatable bonds is 4. The lowest BCUT2D eigenvalue weighted by Crippen LogP contribution is -2.35. The molecule has 110 valence electrons. The molecule has 0 unspecified atom stereocenters. The predicted molar refractivity (Wildman–Crippen MR) is 77.0 cm³/mol. The molecule has 0 atom stereocenters.